The Morgan fingerprint density at radius 1 is 0.964 bits per heavy atom. The van der Waals surface area contributed by atoms with Gasteiger partial charge in [0.05, 0.1) is 6.54 Å². The molecular weight excluding hydrogens is 358 g/mol. The highest BCUT2D eigenvalue weighted by Crippen LogP contribution is 2.17. The number of likely N-dealkylation sites (tertiary alicyclic amines) is 1. The molecule has 1 aliphatic heterocycles. The van der Waals surface area contributed by atoms with E-state index < -0.39 is 0 Å². The standard InChI is InChI=1S/C21H23N3O4/c25-18-8-4-7-16(13-18)21(28)24-11-9-17(10-12-24)23-19(26)14-22-20(27)15-5-2-1-3-6-15/h1-8,13,17,25H,9-12,14H2,(H,22,27)(H,23,26). The number of hydrogen-bond donors (Lipinski definition) is 3. The number of carbonyl (C=O) groups excluding carboxylic acids is 3. The van der Waals surface area contributed by atoms with E-state index in [0.29, 0.717) is 37.1 Å². The van der Waals surface area contributed by atoms with Crippen LogP contribution in [0.1, 0.15) is 33.6 Å². The average Bonchev–Trinajstić information content (AvgIpc) is 2.72. The van der Waals surface area contributed by atoms with Crippen LogP contribution in [0.25, 0.3) is 0 Å². The number of rotatable bonds is 5. The molecule has 146 valence electrons. The fraction of sp³-hybridized carbons (Fsp3) is 0.286. The van der Waals surface area contributed by atoms with Crippen molar-refractivity contribution in [2.24, 2.45) is 0 Å². The molecule has 0 aromatic heterocycles. The van der Waals surface area contributed by atoms with Crippen LogP contribution in [0.3, 0.4) is 0 Å². The first-order valence-corrected chi connectivity index (χ1v) is 9.24. The van der Waals surface area contributed by atoms with Crippen molar-refractivity contribution in [3.05, 3.63) is 65.7 Å². The Morgan fingerprint density at radius 3 is 2.32 bits per heavy atom. The van der Waals surface area contributed by atoms with Crippen LogP contribution in [0.15, 0.2) is 54.6 Å². The van der Waals surface area contributed by atoms with Gasteiger partial charge in [0.15, 0.2) is 0 Å². The summed E-state index contributed by atoms with van der Waals surface area (Å²) in [6.45, 7) is 0.960. The van der Waals surface area contributed by atoms with Crippen LogP contribution in [0, 0.1) is 0 Å². The monoisotopic (exact) mass is 381 g/mol. The molecule has 3 amide bonds. The van der Waals surface area contributed by atoms with Gasteiger partial charge < -0.3 is 20.6 Å². The molecule has 3 N–H and O–H groups in total. The molecule has 1 heterocycles. The summed E-state index contributed by atoms with van der Waals surface area (Å²) in [5, 5.41) is 15.0. The van der Waals surface area contributed by atoms with Crippen LogP contribution in [0.4, 0.5) is 0 Å². The number of piperidine rings is 1. The molecular formula is C21H23N3O4. The first kappa shape index (κ1) is 19.4. The zero-order valence-corrected chi connectivity index (χ0v) is 15.4. The van der Waals surface area contributed by atoms with Gasteiger partial charge in [0.25, 0.3) is 11.8 Å². The summed E-state index contributed by atoms with van der Waals surface area (Å²) >= 11 is 0. The van der Waals surface area contributed by atoms with Crippen molar-refractivity contribution in [2.75, 3.05) is 19.6 Å². The van der Waals surface area contributed by atoms with Crippen LogP contribution >= 0.6 is 0 Å². The molecule has 1 saturated heterocycles. The van der Waals surface area contributed by atoms with Gasteiger partial charge in [-0.25, -0.2) is 0 Å². The molecule has 0 radical (unpaired) electrons. The van der Waals surface area contributed by atoms with Crippen molar-refractivity contribution in [3.63, 3.8) is 0 Å². The lowest BCUT2D eigenvalue weighted by atomic mass is 10.0. The van der Waals surface area contributed by atoms with Crippen molar-refractivity contribution in [1.82, 2.24) is 15.5 Å². The van der Waals surface area contributed by atoms with Gasteiger partial charge in [-0.05, 0) is 43.2 Å². The summed E-state index contributed by atoms with van der Waals surface area (Å²) in [5.41, 5.74) is 0.958. The predicted octanol–water partition coefficient (Wildman–Crippen LogP) is 1.54. The molecule has 0 unspecified atom stereocenters. The SMILES string of the molecule is O=C(CNC(=O)c1ccccc1)NC1CCN(C(=O)c2cccc(O)c2)CC1. The molecule has 1 aliphatic rings. The number of hydrogen-bond acceptors (Lipinski definition) is 4. The zero-order valence-electron chi connectivity index (χ0n) is 15.4. The minimum absolute atomic E-state index is 0.0330. The Morgan fingerprint density at radius 2 is 1.64 bits per heavy atom. The fourth-order valence-corrected chi connectivity index (χ4v) is 3.18. The summed E-state index contributed by atoms with van der Waals surface area (Å²) in [6, 6.07) is 15.0. The van der Waals surface area contributed by atoms with Crippen LogP contribution < -0.4 is 10.6 Å². The van der Waals surface area contributed by atoms with E-state index in [1.807, 2.05) is 6.07 Å². The van der Waals surface area contributed by atoms with E-state index >= 15 is 0 Å². The number of benzene rings is 2. The third-order valence-electron chi connectivity index (χ3n) is 4.69. The number of nitrogens with one attached hydrogen (secondary N) is 2. The van der Waals surface area contributed by atoms with Crippen molar-refractivity contribution in [1.29, 1.82) is 0 Å². The third kappa shape index (κ3) is 5.09. The van der Waals surface area contributed by atoms with E-state index in [9.17, 15) is 19.5 Å². The molecule has 7 heteroatoms. The maximum atomic E-state index is 12.5. The highest BCUT2D eigenvalue weighted by molar-refractivity contribution is 5.96. The van der Waals surface area contributed by atoms with Gasteiger partial charge in [0, 0.05) is 30.3 Å². The fourth-order valence-electron chi connectivity index (χ4n) is 3.18. The number of phenolic OH excluding ortho intramolecular Hbond substituents is 1. The molecule has 7 nitrogen and oxygen atoms in total. The van der Waals surface area contributed by atoms with Gasteiger partial charge in [-0.1, -0.05) is 24.3 Å². The first-order chi connectivity index (χ1) is 13.5. The van der Waals surface area contributed by atoms with Crippen LogP contribution in [0.2, 0.25) is 0 Å². The van der Waals surface area contributed by atoms with Crippen molar-refractivity contribution < 1.29 is 19.5 Å². The van der Waals surface area contributed by atoms with Gasteiger partial charge in [-0.15, -0.1) is 0 Å². The second-order valence-corrected chi connectivity index (χ2v) is 6.73. The molecule has 0 spiro atoms. The number of aromatic hydroxyl groups is 1. The van der Waals surface area contributed by atoms with Crippen LogP contribution in [0.5, 0.6) is 5.75 Å². The molecule has 0 saturated carbocycles. The molecule has 3 rings (SSSR count). The molecule has 2 aromatic rings. The molecule has 0 bridgehead atoms. The molecule has 2 aromatic carbocycles. The van der Waals surface area contributed by atoms with Crippen molar-refractivity contribution in [3.8, 4) is 5.75 Å². The van der Waals surface area contributed by atoms with E-state index in [-0.39, 0.29) is 36.1 Å². The summed E-state index contributed by atoms with van der Waals surface area (Å²) in [4.78, 5) is 38.2. The number of carbonyl (C=O) groups is 3. The Labute approximate surface area is 163 Å². The number of phenols is 1. The molecule has 1 fully saturated rings. The average molecular weight is 381 g/mol. The maximum Gasteiger partial charge on any atom is 0.253 e. The Bertz CT molecular complexity index is 846. The first-order valence-electron chi connectivity index (χ1n) is 9.24. The summed E-state index contributed by atoms with van der Waals surface area (Å²) in [6.07, 6.45) is 1.28. The van der Waals surface area contributed by atoms with Gasteiger partial charge in [-0.2, -0.15) is 0 Å². The lowest BCUT2D eigenvalue weighted by Gasteiger charge is -2.32. The summed E-state index contributed by atoms with van der Waals surface area (Å²) in [7, 11) is 0. The van der Waals surface area contributed by atoms with E-state index in [4.69, 9.17) is 0 Å². The Kier molecular flexibility index (Phi) is 6.26. The lowest BCUT2D eigenvalue weighted by Crippen LogP contribution is -2.48. The smallest absolute Gasteiger partial charge is 0.253 e. The van der Waals surface area contributed by atoms with Gasteiger partial charge >= 0.3 is 0 Å². The van der Waals surface area contributed by atoms with Gasteiger partial charge in [0.2, 0.25) is 5.91 Å². The van der Waals surface area contributed by atoms with Crippen molar-refractivity contribution >= 4 is 17.7 Å². The summed E-state index contributed by atoms with van der Waals surface area (Å²) in [5.74, 6) is -0.606. The van der Waals surface area contributed by atoms with E-state index in [2.05, 4.69) is 10.6 Å². The zero-order chi connectivity index (χ0) is 19.9. The second kappa shape index (κ2) is 9.03. The quantitative estimate of drug-likeness (QED) is 0.732. The minimum Gasteiger partial charge on any atom is -0.508 e. The lowest BCUT2D eigenvalue weighted by molar-refractivity contribution is -0.121. The topological polar surface area (TPSA) is 98.7 Å². The van der Waals surface area contributed by atoms with Gasteiger partial charge in [-0.3, -0.25) is 14.4 Å². The van der Waals surface area contributed by atoms with Crippen LogP contribution in [-0.4, -0.2) is 53.4 Å². The van der Waals surface area contributed by atoms with E-state index in [1.165, 1.54) is 12.1 Å². The molecule has 0 aliphatic carbocycles. The maximum absolute atomic E-state index is 12.5. The van der Waals surface area contributed by atoms with Crippen LogP contribution in [-0.2, 0) is 4.79 Å². The van der Waals surface area contributed by atoms with E-state index in [1.54, 1.807) is 41.3 Å². The summed E-state index contributed by atoms with van der Waals surface area (Å²) < 4.78 is 0. The molecule has 28 heavy (non-hydrogen) atoms. The largest absolute Gasteiger partial charge is 0.508 e. The third-order valence-corrected chi connectivity index (χ3v) is 4.69. The highest BCUT2D eigenvalue weighted by atomic mass is 16.3. The molecule has 0 atom stereocenters. The normalized spacial score (nSPS) is 14.4. The predicted molar refractivity (Wildman–Crippen MR) is 104 cm³/mol. The van der Waals surface area contributed by atoms with Crippen molar-refractivity contribution in [2.45, 2.75) is 18.9 Å². The highest BCUT2D eigenvalue weighted by Gasteiger charge is 2.24. The Hall–Kier alpha value is -3.35. The Balaban J connectivity index is 1.42. The minimum atomic E-state index is -0.290. The number of amides is 3. The second-order valence-electron chi connectivity index (χ2n) is 6.73. The van der Waals surface area contributed by atoms with Gasteiger partial charge in [0.1, 0.15) is 5.75 Å². The number of nitrogens with zero attached hydrogens (tertiary/aromatic N) is 1. The van der Waals surface area contributed by atoms with E-state index in [0.717, 1.165) is 0 Å².